The van der Waals surface area contributed by atoms with Gasteiger partial charge in [0, 0.05) is 36.3 Å². The second-order valence-corrected chi connectivity index (χ2v) is 10.1. The van der Waals surface area contributed by atoms with Crippen LogP contribution in [0.5, 0.6) is 11.5 Å². The van der Waals surface area contributed by atoms with E-state index in [0.29, 0.717) is 59.7 Å². The molecule has 1 aliphatic carbocycles. The standard InChI is InChI=1S/C29H33N3O6/c1-37-24-11-9-19(17-25(24)38-2)27(34)31-14-12-20(13-15-31)30-26(33)18-8-10-22-23(16-18)29(36)32(28(22)35)21-6-4-3-5-7-21/h8-11,16-17,20-21H,3-7,12-15H2,1-2H3,(H,30,33). The molecule has 0 spiro atoms. The van der Waals surface area contributed by atoms with E-state index in [1.54, 1.807) is 48.4 Å². The maximum absolute atomic E-state index is 13.1. The summed E-state index contributed by atoms with van der Waals surface area (Å²) in [6.07, 6.45) is 6.07. The molecule has 5 rings (SSSR count). The van der Waals surface area contributed by atoms with E-state index in [9.17, 15) is 19.2 Å². The number of carbonyl (C=O) groups excluding carboxylic acids is 4. The van der Waals surface area contributed by atoms with Crippen LogP contribution in [-0.4, -0.2) is 72.8 Å². The summed E-state index contributed by atoms with van der Waals surface area (Å²) in [7, 11) is 3.08. The number of ether oxygens (including phenoxy) is 2. The molecule has 0 bridgehead atoms. The van der Waals surface area contributed by atoms with Gasteiger partial charge >= 0.3 is 0 Å². The number of hydrogen-bond acceptors (Lipinski definition) is 6. The van der Waals surface area contributed by atoms with Gasteiger partial charge in [0.2, 0.25) is 0 Å². The zero-order valence-electron chi connectivity index (χ0n) is 21.8. The number of fused-ring (bicyclic) bond motifs is 1. The Kier molecular flexibility index (Phi) is 7.35. The normalized spacial score (nSPS) is 18.4. The van der Waals surface area contributed by atoms with Crippen molar-refractivity contribution >= 4 is 23.6 Å². The first-order valence-electron chi connectivity index (χ1n) is 13.3. The van der Waals surface area contributed by atoms with E-state index < -0.39 is 0 Å². The smallest absolute Gasteiger partial charge is 0.261 e. The van der Waals surface area contributed by atoms with E-state index >= 15 is 0 Å². The summed E-state index contributed by atoms with van der Waals surface area (Å²) in [4.78, 5) is 55.2. The Hall–Kier alpha value is -3.88. The minimum atomic E-state index is -0.298. The van der Waals surface area contributed by atoms with Crippen molar-refractivity contribution in [1.82, 2.24) is 15.1 Å². The van der Waals surface area contributed by atoms with Crippen LogP contribution in [0.25, 0.3) is 0 Å². The van der Waals surface area contributed by atoms with Crippen LogP contribution in [0, 0.1) is 0 Å². The van der Waals surface area contributed by atoms with Crippen molar-refractivity contribution in [1.29, 1.82) is 0 Å². The van der Waals surface area contributed by atoms with E-state index in [1.165, 1.54) is 12.0 Å². The molecule has 200 valence electrons. The molecule has 9 heteroatoms. The number of nitrogens with zero attached hydrogens (tertiary/aromatic N) is 2. The van der Waals surface area contributed by atoms with Crippen molar-refractivity contribution in [2.45, 2.75) is 57.0 Å². The molecule has 1 saturated heterocycles. The molecule has 9 nitrogen and oxygen atoms in total. The number of amides is 4. The molecular formula is C29H33N3O6. The van der Waals surface area contributed by atoms with Crippen molar-refractivity contribution in [2.24, 2.45) is 0 Å². The number of hydrogen-bond donors (Lipinski definition) is 1. The number of imide groups is 1. The lowest BCUT2D eigenvalue weighted by Gasteiger charge is -2.32. The highest BCUT2D eigenvalue weighted by Gasteiger charge is 2.40. The van der Waals surface area contributed by atoms with Gasteiger partial charge in [-0.2, -0.15) is 0 Å². The molecule has 0 radical (unpaired) electrons. The molecule has 0 aromatic heterocycles. The van der Waals surface area contributed by atoms with Crippen molar-refractivity contribution in [3.05, 3.63) is 58.7 Å². The van der Waals surface area contributed by atoms with Gasteiger partial charge in [-0.05, 0) is 62.1 Å². The van der Waals surface area contributed by atoms with Crippen LogP contribution in [0.15, 0.2) is 36.4 Å². The lowest BCUT2D eigenvalue weighted by Crippen LogP contribution is -2.46. The Morgan fingerprint density at radius 2 is 1.45 bits per heavy atom. The van der Waals surface area contributed by atoms with Crippen LogP contribution in [0.3, 0.4) is 0 Å². The first-order valence-corrected chi connectivity index (χ1v) is 13.3. The number of piperidine rings is 1. The quantitative estimate of drug-likeness (QED) is 0.584. The van der Waals surface area contributed by atoms with Gasteiger partial charge in [-0.15, -0.1) is 0 Å². The molecule has 2 heterocycles. The van der Waals surface area contributed by atoms with Crippen LogP contribution in [0.2, 0.25) is 0 Å². The third-order valence-corrected chi connectivity index (χ3v) is 7.87. The van der Waals surface area contributed by atoms with Crippen LogP contribution < -0.4 is 14.8 Å². The number of methoxy groups -OCH3 is 2. The molecule has 2 aromatic carbocycles. The predicted molar refractivity (Wildman–Crippen MR) is 140 cm³/mol. The minimum absolute atomic E-state index is 0.0553. The molecule has 2 aliphatic heterocycles. The van der Waals surface area contributed by atoms with Crippen molar-refractivity contribution in [3.8, 4) is 11.5 Å². The molecule has 0 unspecified atom stereocenters. The monoisotopic (exact) mass is 519 g/mol. The van der Waals surface area contributed by atoms with Gasteiger partial charge in [0.15, 0.2) is 11.5 Å². The zero-order valence-corrected chi connectivity index (χ0v) is 21.8. The fraction of sp³-hybridized carbons (Fsp3) is 0.448. The van der Waals surface area contributed by atoms with Crippen molar-refractivity contribution in [3.63, 3.8) is 0 Å². The van der Waals surface area contributed by atoms with Gasteiger partial charge in [0.25, 0.3) is 23.6 Å². The summed E-state index contributed by atoms with van der Waals surface area (Å²) in [6, 6.07) is 9.70. The first kappa shape index (κ1) is 25.8. The van der Waals surface area contributed by atoms with E-state index in [4.69, 9.17) is 9.47 Å². The third kappa shape index (κ3) is 4.85. The lowest BCUT2D eigenvalue weighted by atomic mass is 9.94. The van der Waals surface area contributed by atoms with Crippen LogP contribution >= 0.6 is 0 Å². The number of carbonyl (C=O) groups is 4. The average Bonchev–Trinajstić information content (AvgIpc) is 3.21. The van der Waals surface area contributed by atoms with Crippen LogP contribution in [0.4, 0.5) is 0 Å². The number of nitrogens with one attached hydrogen (secondary N) is 1. The Morgan fingerprint density at radius 1 is 0.789 bits per heavy atom. The van der Waals surface area contributed by atoms with E-state index in [-0.39, 0.29) is 35.7 Å². The van der Waals surface area contributed by atoms with Gasteiger partial charge in [-0.1, -0.05) is 19.3 Å². The van der Waals surface area contributed by atoms with Gasteiger partial charge in [0.05, 0.1) is 25.3 Å². The van der Waals surface area contributed by atoms with E-state index in [2.05, 4.69) is 5.32 Å². The minimum Gasteiger partial charge on any atom is -0.493 e. The number of rotatable bonds is 6. The van der Waals surface area contributed by atoms with Gasteiger partial charge in [0.1, 0.15) is 0 Å². The predicted octanol–water partition coefficient (Wildman–Crippen LogP) is 3.67. The summed E-state index contributed by atoms with van der Waals surface area (Å²) in [5.41, 5.74) is 1.56. The fourth-order valence-corrected chi connectivity index (χ4v) is 5.72. The molecule has 1 N–H and O–H groups in total. The number of benzene rings is 2. The van der Waals surface area contributed by atoms with Gasteiger partial charge < -0.3 is 19.7 Å². The van der Waals surface area contributed by atoms with Gasteiger partial charge in [-0.25, -0.2) is 0 Å². The molecule has 3 aliphatic rings. The largest absolute Gasteiger partial charge is 0.493 e. The van der Waals surface area contributed by atoms with E-state index in [0.717, 1.165) is 32.1 Å². The second-order valence-electron chi connectivity index (χ2n) is 10.1. The molecule has 1 saturated carbocycles. The highest BCUT2D eigenvalue weighted by Crippen LogP contribution is 2.32. The molecule has 2 fully saturated rings. The zero-order chi connectivity index (χ0) is 26.8. The van der Waals surface area contributed by atoms with Crippen LogP contribution in [0.1, 0.15) is 86.4 Å². The second kappa shape index (κ2) is 10.8. The highest BCUT2D eigenvalue weighted by molar-refractivity contribution is 6.22. The average molecular weight is 520 g/mol. The SMILES string of the molecule is COc1ccc(C(=O)N2CCC(NC(=O)c3ccc4c(c3)C(=O)N(C3CCCCC3)C4=O)CC2)cc1OC. The van der Waals surface area contributed by atoms with Crippen LogP contribution in [-0.2, 0) is 0 Å². The molecular weight excluding hydrogens is 486 g/mol. The lowest BCUT2D eigenvalue weighted by molar-refractivity contribution is 0.0548. The fourth-order valence-electron chi connectivity index (χ4n) is 5.72. The molecule has 0 atom stereocenters. The maximum atomic E-state index is 13.1. The third-order valence-electron chi connectivity index (χ3n) is 7.87. The van der Waals surface area contributed by atoms with Crippen molar-refractivity contribution < 1.29 is 28.7 Å². The Balaban J connectivity index is 1.19. The summed E-state index contributed by atoms with van der Waals surface area (Å²) < 4.78 is 10.6. The molecule has 4 amide bonds. The Labute approximate surface area is 222 Å². The van der Waals surface area contributed by atoms with Crippen molar-refractivity contribution in [2.75, 3.05) is 27.3 Å². The topological polar surface area (TPSA) is 105 Å². The molecule has 38 heavy (non-hydrogen) atoms. The maximum Gasteiger partial charge on any atom is 0.261 e. The summed E-state index contributed by atoms with van der Waals surface area (Å²) in [5.74, 6) is 0.125. The first-order chi connectivity index (χ1) is 18.4. The summed E-state index contributed by atoms with van der Waals surface area (Å²) in [5, 5.41) is 3.04. The Bertz CT molecular complexity index is 1260. The summed E-state index contributed by atoms with van der Waals surface area (Å²) in [6.45, 7) is 1.01. The highest BCUT2D eigenvalue weighted by atomic mass is 16.5. The number of likely N-dealkylation sites (tertiary alicyclic amines) is 1. The Morgan fingerprint density at radius 3 is 2.13 bits per heavy atom. The van der Waals surface area contributed by atoms with Gasteiger partial charge in [-0.3, -0.25) is 24.1 Å². The van der Waals surface area contributed by atoms with E-state index in [1.807, 2.05) is 0 Å². The molecule has 2 aromatic rings. The summed E-state index contributed by atoms with van der Waals surface area (Å²) >= 11 is 0.